The predicted octanol–water partition coefficient (Wildman–Crippen LogP) is 3.01. The van der Waals surface area contributed by atoms with Crippen molar-refractivity contribution in [2.75, 3.05) is 19.0 Å². The molecule has 0 aliphatic rings. The van der Waals surface area contributed by atoms with Crippen LogP contribution in [0, 0.1) is 0 Å². The number of nitrogens with one attached hydrogen (secondary N) is 1. The topological polar surface area (TPSA) is 60.5 Å². The van der Waals surface area contributed by atoms with E-state index >= 15 is 0 Å². The quantitative estimate of drug-likeness (QED) is 0.872. The summed E-state index contributed by atoms with van der Waals surface area (Å²) in [7, 11) is 1.49. The van der Waals surface area contributed by atoms with Crippen molar-refractivity contribution >= 4 is 46.6 Å². The number of alkyl halides is 3. The molecule has 0 aromatic carbocycles. The molecule has 1 amide bonds. The lowest BCUT2D eigenvalue weighted by molar-refractivity contribution is 0.164. The van der Waals surface area contributed by atoms with Crippen molar-refractivity contribution in [1.82, 2.24) is 4.98 Å². The second kappa shape index (κ2) is 6.14. The van der Waals surface area contributed by atoms with Gasteiger partial charge in [-0.25, -0.2) is 9.78 Å². The van der Waals surface area contributed by atoms with Gasteiger partial charge in [-0.2, -0.15) is 0 Å². The maximum Gasteiger partial charge on any atom is 0.411 e. The first-order valence-electron chi connectivity index (χ1n) is 4.41. The number of carbonyl (C=O) groups is 1. The minimum atomic E-state index is -1.63. The molecule has 0 saturated carbocycles. The highest BCUT2D eigenvalue weighted by atomic mass is 35.6. The first-order chi connectivity index (χ1) is 7.90. The molecular weight excluding hydrogens is 290 g/mol. The molecule has 0 unspecified atom stereocenters. The highest BCUT2D eigenvalue weighted by molar-refractivity contribution is 6.67. The largest absolute Gasteiger partial charge is 0.481 e. The smallest absolute Gasteiger partial charge is 0.411 e. The minimum Gasteiger partial charge on any atom is -0.481 e. The molecule has 8 heteroatoms. The number of rotatable bonds is 3. The molecule has 5 nitrogen and oxygen atoms in total. The molecule has 0 radical (unpaired) electrons. The number of amides is 1. The van der Waals surface area contributed by atoms with Gasteiger partial charge in [-0.3, -0.25) is 5.32 Å². The second-order valence-electron chi connectivity index (χ2n) is 2.91. The first kappa shape index (κ1) is 14.2. The van der Waals surface area contributed by atoms with Gasteiger partial charge >= 0.3 is 6.09 Å². The van der Waals surface area contributed by atoms with Crippen LogP contribution in [-0.4, -0.2) is 28.6 Å². The molecule has 1 rings (SSSR count). The van der Waals surface area contributed by atoms with Crippen LogP contribution in [0.2, 0.25) is 0 Å². The van der Waals surface area contributed by atoms with E-state index in [4.69, 9.17) is 39.5 Å². The van der Waals surface area contributed by atoms with Gasteiger partial charge in [-0.05, 0) is 6.07 Å². The summed E-state index contributed by atoms with van der Waals surface area (Å²) < 4.78 is 7.89. The average molecular weight is 300 g/mol. The Bertz CT molecular complexity index is 378. The standard InChI is InChI=1S/C9H9Cl3N2O3/c1-16-7-3-2-6(4-13-7)14-8(15)17-5-9(10,11)12/h2-4H,5H2,1H3,(H,14,15). The first-order valence-corrected chi connectivity index (χ1v) is 5.54. The number of methoxy groups -OCH3 is 1. The van der Waals surface area contributed by atoms with Gasteiger partial charge in [-0.15, -0.1) is 0 Å². The van der Waals surface area contributed by atoms with Gasteiger partial charge in [0.1, 0.15) is 6.61 Å². The highest BCUT2D eigenvalue weighted by Gasteiger charge is 2.22. The SMILES string of the molecule is COc1ccc(NC(=O)OCC(Cl)(Cl)Cl)cn1. The lowest BCUT2D eigenvalue weighted by Crippen LogP contribution is -2.21. The van der Waals surface area contributed by atoms with Gasteiger partial charge in [0.05, 0.1) is 19.0 Å². The van der Waals surface area contributed by atoms with E-state index in [1.807, 2.05) is 0 Å². The Balaban J connectivity index is 2.45. The minimum absolute atomic E-state index is 0.340. The summed E-state index contributed by atoms with van der Waals surface area (Å²) >= 11 is 16.3. The van der Waals surface area contributed by atoms with Gasteiger partial charge in [0.25, 0.3) is 0 Å². The van der Waals surface area contributed by atoms with Crippen molar-refractivity contribution in [1.29, 1.82) is 0 Å². The molecule has 0 aliphatic heterocycles. The Labute approximate surface area is 113 Å². The van der Waals surface area contributed by atoms with E-state index in [0.717, 1.165) is 0 Å². The number of nitrogens with zero attached hydrogens (tertiary/aromatic N) is 1. The third kappa shape index (κ3) is 5.81. The molecule has 0 saturated heterocycles. The average Bonchev–Trinajstić information content (AvgIpc) is 2.27. The Morgan fingerprint density at radius 2 is 2.18 bits per heavy atom. The summed E-state index contributed by atoms with van der Waals surface area (Å²) in [6, 6.07) is 3.19. The fourth-order valence-corrected chi connectivity index (χ4v) is 1.04. The van der Waals surface area contributed by atoms with E-state index in [9.17, 15) is 4.79 Å². The molecule has 0 bridgehead atoms. The van der Waals surface area contributed by atoms with Crippen LogP contribution < -0.4 is 10.1 Å². The Morgan fingerprint density at radius 3 is 2.65 bits per heavy atom. The maximum absolute atomic E-state index is 11.2. The summed E-state index contributed by atoms with van der Waals surface area (Å²) in [6.07, 6.45) is 0.679. The number of carbonyl (C=O) groups excluding carboxylic acids is 1. The zero-order chi connectivity index (χ0) is 12.9. The van der Waals surface area contributed by atoms with Crippen LogP contribution in [0.4, 0.5) is 10.5 Å². The molecule has 0 atom stereocenters. The van der Waals surface area contributed by atoms with Crippen molar-refractivity contribution in [3.05, 3.63) is 18.3 Å². The lowest BCUT2D eigenvalue weighted by Gasteiger charge is -2.11. The van der Waals surface area contributed by atoms with Crippen LogP contribution in [-0.2, 0) is 4.74 Å². The summed E-state index contributed by atoms with van der Waals surface area (Å²) in [5.41, 5.74) is 0.445. The van der Waals surface area contributed by atoms with E-state index in [1.165, 1.54) is 13.3 Å². The van der Waals surface area contributed by atoms with Crippen LogP contribution in [0.1, 0.15) is 0 Å². The monoisotopic (exact) mass is 298 g/mol. The zero-order valence-electron chi connectivity index (χ0n) is 8.75. The van der Waals surface area contributed by atoms with Crippen LogP contribution in [0.25, 0.3) is 0 Å². The molecule has 1 heterocycles. The predicted molar refractivity (Wildman–Crippen MR) is 66.0 cm³/mol. The molecule has 0 aliphatic carbocycles. The van der Waals surface area contributed by atoms with Gasteiger partial charge in [-0.1, -0.05) is 34.8 Å². The molecule has 0 fully saturated rings. The molecule has 0 spiro atoms. The van der Waals surface area contributed by atoms with Crippen LogP contribution >= 0.6 is 34.8 Å². The van der Waals surface area contributed by atoms with Crippen molar-refractivity contribution in [2.45, 2.75) is 3.79 Å². The van der Waals surface area contributed by atoms with Crippen molar-refractivity contribution < 1.29 is 14.3 Å². The van der Waals surface area contributed by atoms with Gasteiger partial charge < -0.3 is 9.47 Å². The van der Waals surface area contributed by atoms with Crippen molar-refractivity contribution in [3.8, 4) is 5.88 Å². The number of pyridine rings is 1. The third-order valence-electron chi connectivity index (χ3n) is 1.56. The Hall–Kier alpha value is -0.910. The zero-order valence-corrected chi connectivity index (χ0v) is 11.0. The van der Waals surface area contributed by atoms with E-state index in [-0.39, 0.29) is 6.61 Å². The summed E-state index contributed by atoms with van der Waals surface area (Å²) in [4.78, 5) is 15.1. The fraction of sp³-hybridized carbons (Fsp3) is 0.333. The number of aromatic nitrogens is 1. The van der Waals surface area contributed by atoms with Gasteiger partial charge in [0.2, 0.25) is 9.67 Å². The van der Waals surface area contributed by atoms with Gasteiger partial charge in [0.15, 0.2) is 0 Å². The number of ether oxygens (including phenoxy) is 2. The van der Waals surface area contributed by atoms with Crippen molar-refractivity contribution in [3.63, 3.8) is 0 Å². The molecule has 17 heavy (non-hydrogen) atoms. The summed E-state index contributed by atoms with van der Waals surface area (Å²) in [6.45, 7) is -0.340. The van der Waals surface area contributed by atoms with E-state index in [2.05, 4.69) is 15.0 Å². The fourth-order valence-electron chi connectivity index (χ4n) is 0.876. The molecule has 94 valence electrons. The number of anilines is 1. The molecule has 1 aromatic rings. The van der Waals surface area contributed by atoms with E-state index in [0.29, 0.717) is 11.6 Å². The number of halogens is 3. The highest BCUT2D eigenvalue weighted by Crippen LogP contribution is 2.26. The Kier molecular flexibility index (Phi) is 5.11. The Morgan fingerprint density at radius 1 is 1.47 bits per heavy atom. The normalized spacial score (nSPS) is 10.8. The van der Waals surface area contributed by atoms with Crippen LogP contribution in [0.15, 0.2) is 18.3 Å². The summed E-state index contributed by atoms with van der Waals surface area (Å²) in [5.74, 6) is 0.435. The lowest BCUT2D eigenvalue weighted by atomic mass is 10.4. The number of hydrogen-bond donors (Lipinski definition) is 1. The number of hydrogen-bond acceptors (Lipinski definition) is 4. The second-order valence-corrected chi connectivity index (χ2v) is 5.42. The molecule has 1 aromatic heterocycles. The van der Waals surface area contributed by atoms with E-state index in [1.54, 1.807) is 12.1 Å². The van der Waals surface area contributed by atoms with Gasteiger partial charge in [0, 0.05) is 6.07 Å². The van der Waals surface area contributed by atoms with Crippen molar-refractivity contribution in [2.24, 2.45) is 0 Å². The maximum atomic E-state index is 11.2. The molecular formula is C9H9Cl3N2O3. The molecule has 1 N–H and O–H groups in total. The third-order valence-corrected chi connectivity index (χ3v) is 1.89. The van der Waals surface area contributed by atoms with Crippen LogP contribution in [0.5, 0.6) is 5.88 Å². The van der Waals surface area contributed by atoms with Crippen LogP contribution in [0.3, 0.4) is 0 Å². The summed E-state index contributed by atoms with van der Waals surface area (Å²) in [5, 5.41) is 2.41. The van der Waals surface area contributed by atoms with E-state index < -0.39 is 9.89 Å².